The van der Waals surface area contributed by atoms with Gasteiger partial charge in [0, 0.05) is 0 Å². The smallest absolute Gasteiger partial charge is 0.154 e. The van der Waals surface area contributed by atoms with Gasteiger partial charge in [-0.2, -0.15) is 0 Å². The van der Waals surface area contributed by atoms with Crippen molar-refractivity contribution in [1.29, 1.82) is 0 Å². The predicted molar refractivity (Wildman–Crippen MR) is 77.8 cm³/mol. The van der Waals surface area contributed by atoms with Gasteiger partial charge in [-0.1, -0.05) is 6.07 Å². The number of para-hydroxylation sites is 1. The normalized spacial score (nSPS) is 10.7. The molecule has 4 heteroatoms. The fraction of sp³-hybridized carbons (Fsp3) is 0.250. The number of ether oxygens (including phenoxy) is 2. The quantitative estimate of drug-likeness (QED) is 0.846. The lowest BCUT2D eigenvalue weighted by molar-refractivity contribution is 0.243. The largest absolute Gasteiger partial charge is 0.489 e. The fourth-order valence-corrected chi connectivity index (χ4v) is 1.78. The van der Waals surface area contributed by atoms with E-state index >= 15 is 0 Å². The second-order valence-corrected chi connectivity index (χ2v) is 4.85. The molecule has 2 rings (SSSR count). The maximum Gasteiger partial charge on any atom is 0.154 e. The molecule has 0 saturated heterocycles. The zero-order valence-electron chi connectivity index (χ0n) is 11.8. The average molecular weight is 275 g/mol. The first-order chi connectivity index (χ1) is 9.47. The standard InChI is InChI=1S/C16H18FNO2/c1-10(2)19-14-5-4-6-15(16(14)18)20-12-7-8-13(17)11(3)9-12/h4-10H,18H2,1-3H3. The van der Waals surface area contributed by atoms with Crippen LogP contribution in [0.5, 0.6) is 17.2 Å². The molecule has 3 nitrogen and oxygen atoms in total. The molecule has 0 aromatic heterocycles. The van der Waals surface area contributed by atoms with Crippen molar-refractivity contribution in [2.75, 3.05) is 5.73 Å². The number of nitrogens with two attached hydrogens (primary N) is 1. The highest BCUT2D eigenvalue weighted by Gasteiger charge is 2.10. The van der Waals surface area contributed by atoms with Crippen molar-refractivity contribution in [2.24, 2.45) is 0 Å². The summed E-state index contributed by atoms with van der Waals surface area (Å²) in [4.78, 5) is 0. The zero-order chi connectivity index (χ0) is 14.7. The number of nitrogen functional groups attached to an aromatic ring is 1. The molecule has 0 radical (unpaired) electrons. The molecule has 106 valence electrons. The first-order valence-corrected chi connectivity index (χ1v) is 6.46. The van der Waals surface area contributed by atoms with Gasteiger partial charge >= 0.3 is 0 Å². The van der Waals surface area contributed by atoms with Crippen molar-refractivity contribution < 1.29 is 13.9 Å². The Hall–Kier alpha value is -2.23. The van der Waals surface area contributed by atoms with E-state index in [1.54, 1.807) is 37.3 Å². The molecule has 0 fully saturated rings. The van der Waals surface area contributed by atoms with Crippen molar-refractivity contribution >= 4 is 5.69 Å². The van der Waals surface area contributed by atoms with Crippen LogP contribution in [0.25, 0.3) is 0 Å². The zero-order valence-corrected chi connectivity index (χ0v) is 11.8. The summed E-state index contributed by atoms with van der Waals surface area (Å²) in [5, 5.41) is 0. The highest BCUT2D eigenvalue weighted by atomic mass is 19.1. The lowest BCUT2D eigenvalue weighted by atomic mass is 10.2. The fourth-order valence-electron chi connectivity index (χ4n) is 1.78. The maximum absolute atomic E-state index is 13.2. The molecule has 2 aromatic rings. The van der Waals surface area contributed by atoms with Gasteiger partial charge in [-0.25, -0.2) is 4.39 Å². The number of halogens is 1. The molecule has 0 amide bonds. The summed E-state index contributed by atoms with van der Waals surface area (Å²) < 4.78 is 24.5. The van der Waals surface area contributed by atoms with Crippen LogP contribution in [0.1, 0.15) is 19.4 Å². The minimum Gasteiger partial charge on any atom is -0.489 e. The molecule has 0 spiro atoms. The van der Waals surface area contributed by atoms with Crippen LogP contribution in [0.4, 0.5) is 10.1 Å². The van der Waals surface area contributed by atoms with Crippen LogP contribution in [0, 0.1) is 12.7 Å². The number of anilines is 1. The highest BCUT2D eigenvalue weighted by Crippen LogP contribution is 2.35. The minimum absolute atomic E-state index is 0.0283. The van der Waals surface area contributed by atoms with Gasteiger partial charge in [-0.05, 0) is 56.7 Å². The van der Waals surface area contributed by atoms with E-state index in [9.17, 15) is 4.39 Å². The Labute approximate surface area is 118 Å². The molecule has 0 aliphatic carbocycles. The Kier molecular flexibility index (Phi) is 4.13. The van der Waals surface area contributed by atoms with E-state index in [0.717, 1.165) is 0 Å². The molecule has 0 unspecified atom stereocenters. The predicted octanol–water partition coefficient (Wildman–Crippen LogP) is 4.30. The van der Waals surface area contributed by atoms with Gasteiger partial charge in [0.15, 0.2) is 5.75 Å². The van der Waals surface area contributed by atoms with Crippen LogP contribution < -0.4 is 15.2 Å². The molecule has 0 aliphatic heterocycles. The van der Waals surface area contributed by atoms with Crippen LogP contribution in [-0.2, 0) is 0 Å². The molecule has 20 heavy (non-hydrogen) atoms. The molecule has 0 heterocycles. The van der Waals surface area contributed by atoms with Crippen molar-refractivity contribution in [2.45, 2.75) is 26.9 Å². The van der Waals surface area contributed by atoms with E-state index in [2.05, 4.69) is 0 Å². The van der Waals surface area contributed by atoms with Crippen molar-refractivity contribution in [3.8, 4) is 17.2 Å². The summed E-state index contributed by atoms with van der Waals surface area (Å²) >= 11 is 0. The summed E-state index contributed by atoms with van der Waals surface area (Å²) in [6.45, 7) is 5.54. The summed E-state index contributed by atoms with van der Waals surface area (Å²) in [6, 6.07) is 9.91. The first kappa shape index (κ1) is 14.2. The monoisotopic (exact) mass is 275 g/mol. The topological polar surface area (TPSA) is 44.5 Å². The third-order valence-electron chi connectivity index (χ3n) is 2.75. The lowest BCUT2D eigenvalue weighted by Crippen LogP contribution is -2.07. The van der Waals surface area contributed by atoms with E-state index in [0.29, 0.717) is 28.5 Å². The molecule has 0 saturated carbocycles. The van der Waals surface area contributed by atoms with Crippen LogP contribution in [0.2, 0.25) is 0 Å². The number of hydrogen-bond acceptors (Lipinski definition) is 3. The highest BCUT2D eigenvalue weighted by molar-refractivity contribution is 5.63. The number of aryl methyl sites for hydroxylation is 1. The average Bonchev–Trinajstić information content (AvgIpc) is 2.38. The number of benzene rings is 2. The summed E-state index contributed by atoms with van der Waals surface area (Å²) in [6.07, 6.45) is 0.0283. The molecular formula is C16H18FNO2. The molecular weight excluding hydrogens is 257 g/mol. The third kappa shape index (κ3) is 3.20. The molecule has 0 bridgehead atoms. The van der Waals surface area contributed by atoms with Crippen LogP contribution in [-0.4, -0.2) is 6.10 Å². The number of rotatable bonds is 4. The summed E-state index contributed by atoms with van der Waals surface area (Å²) in [7, 11) is 0. The first-order valence-electron chi connectivity index (χ1n) is 6.46. The van der Waals surface area contributed by atoms with Gasteiger partial charge < -0.3 is 15.2 Å². The molecule has 0 aliphatic rings. The summed E-state index contributed by atoms with van der Waals surface area (Å²) in [5.74, 6) is 1.35. The van der Waals surface area contributed by atoms with E-state index in [4.69, 9.17) is 15.2 Å². The lowest BCUT2D eigenvalue weighted by Gasteiger charge is -2.15. The number of hydrogen-bond donors (Lipinski definition) is 1. The van der Waals surface area contributed by atoms with Gasteiger partial charge in [-0.3, -0.25) is 0 Å². The Bertz CT molecular complexity index is 611. The van der Waals surface area contributed by atoms with Gasteiger partial charge in [0.25, 0.3) is 0 Å². The van der Waals surface area contributed by atoms with Gasteiger partial charge in [0.2, 0.25) is 0 Å². The molecule has 0 atom stereocenters. The van der Waals surface area contributed by atoms with Gasteiger partial charge in [0.1, 0.15) is 23.0 Å². The van der Waals surface area contributed by atoms with Gasteiger partial charge in [0.05, 0.1) is 6.10 Å². The minimum atomic E-state index is -0.262. The van der Waals surface area contributed by atoms with Crippen LogP contribution in [0.3, 0.4) is 0 Å². The van der Waals surface area contributed by atoms with Crippen molar-refractivity contribution in [3.63, 3.8) is 0 Å². The summed E-state index contributed by atoms with van der Waals surface area (Å²) in [5.41, 5.74) is 6.98. The van der Waals surface area contributed by atoms with E-state index < -0.39 is 0 Å². The van der Waals surface area contributed by atoms with Crippen molar-refractivity contribution in [1.82, 2.24) is 0 Å². The maximum atomic E-state index is 13.2. The Morgan fingerprint density at radius 2 is 1.80 bits per heavy atom. The molecule has 2 N–H and O–H groups in total. The second kappa shape index (κ2) is 5.82. The third-order valence-corrected chi connectivity index (χ3v) is 2.75. The Morgan fingerprint density at radius 3 is 2.45 bits per heavy atom. The van der Waals surface area contributed by atoms with E-state index in [1.807, 2.05) is 13.8 Å². The van der Waals surface area contributed by atoms with E-state index in [-0.39, 0.29) is 11.9 Å². The Balaban J connectivity index is 2.27. The van der Waals surface area contributed by atoms with E-state index in [1.165, 1.54) is 6.07 Å². The Morgan fingerprint density at radius 1 is 1.10 bits per heavy atom. The molecule has 2 aromatic carbocycles. The van der Waals surface area contributed by atoms with Gasteiger partial charge in [-0.15, -0.1) is 0 Å². The van der Waals surface area contributed by atoms with Crippen molar-refractivity contribution in [3.05, 3.63) is 47.8 Å². The van der Waals surface area contributed by atoms with Crippen LogP contribution >= 0.6 is 0 Å². The van der Waals surface area contributed by atoms with Crippen LogP contribution in [0.15, 0.2) is 36.4 Å². The second-order valence-electron chi connectivity index (χ2n) is 4.85. The SMILES string of the molecule is Cc1cc(Oc2cccc(OC(C)C)c2N)ccc1F.